The molecule has 0 bridgehead atoms. The van der Waals surface area contributed by atoms with Crippen molar-refractivity contribution in [2.45, 2.75) is 32.9 Å². The van der Waals surface area contributed by atoms with Crippen LogP contribution in [0.25, 0.3) is 0 Å². The number of carbonyl (C=O) groups is 4. The van der Waals surface area contributed by atoms with E-state index in [4.69, 9.17) is 14.2 Å². The smallest absolute Gasteiger partial charge is 0.338 e. The minimum atomic E-state index is -0.921. The van der Waals surface area contributed by atoms with Crippen LogP contribution in [0.1, 0.15) is 36.2 Å². The van der Waals surface area contributed by atoms with Crippen molar-refractivity contribution in [1.29, 1.82) is 0 Å². The molecule has 2 aromatic carbocycles. The maximum atomic E-state index is 13.1. The monoisotopic (exact) mass is 438 g/mol. The molecule has 0 aromatic heterocycles. The minimum absolute atomic E-state index is 0.122. The van der Waals surface area contributed by atoms with Gasteiger partial charge in [0.25, 0.3) is 5.91 Å². The van der Waals surface area contributed by atoms with Gasteiger partial charge in [0.05, 0.1) is 24.3 Å². The van der Waals surface area contributed by atoms with Gasteiger partial charge >= 0.3 is 5.97 Å². The third-order valence-electron chi connectivity index (χ3n) is 5.33. The number of rotatable bonds is 6. The lowest BCUT2D eigenvalue weighted by Crippen LogP contribution is -2.44. The van der Waals surface area contributed by atoms with Crippen molar-refractivity contribution in [2.24, 2.45) is 0 Å². The van der Waals surface area contributed by atoms with Crippen molar-refractivity contribution in [3.8, 4) is 11.5 Å². The molecule has 1 unspecified atom stereocenters. The summed E-state index contributed by atoms with van der Waals surface area (Å²) in [4.78, 5) is 52.5. The maximum Gasteiger partial charge on any atom is 0.338 e. The summed E-state index contributed by atoms with van der Waals surface area (Å²) in [6, 6.07) is 10.4. The van der Waals surface area contributed by atoms with E-state index < -0.39 is 23.8 Å². The molecule has 2 aromatic rings. The SMILES string of the molecule is CCOC(=O)c1ccc(N2C(=O)CC(N(Cc3ccc4c(c3)OCO4)C(C)=O)C2=O)cc1. The first kappa shape index (κ1) is 21.4. The number of imide groups is 1. The highest BCUT2D eigenvalue weighted by molar-refractivity contribution is 6.23. The molecule has 4 rings (SSSR count). The Labute approximate surface area is 184 Å². The molecule has 2 aliphatic heterocycles. The van der Waals surface area contributed by atoms with Gasteiger partial charge in [-0.15, -0.1) is 0 Å². The maximum absolute atomic E-state index is 13.1. The van der Waals surface area contributed by atoms with E-state index in [-0.39, 0.29) is 32.3 Å². The number of carbonyl (C=O) groups excluding carboxylic acids is 4. The molecule has 32 heavy (non-hydrogen) atoms. The summed E-state index contributed by atoms with van der Waals surface area (Å²) >= 11 is 0. The summed E-state index contributed by atoms with van der Waals surface area (Å²) in [5, 5.41) is 0. The molecule has 0 N–H and O–H groups in total. The number of anilines is 1. The second-order valence-corrected chi connectivity index (χ2v) is 7.39. The highest BCUT2D eigenvalue weighted by atomic mass is 16.7. The zero-order valence-corrected chi connectivity index (χ0v) is 17.7. The summed E-state index contributed by atoms with van der Waals surface area (Å²) in [7, 11) is 0. The number of ether oxygens (including phenoxy) is 3. The van der Waals surface area contributed by atoms with Crippen LogP contribution in [0.15, 0.2) is 42.5 Å². The Hall–Kier alpha value is -3.88. The zero-order chi connectivity index (χ0) is 22.8. The van der Waals surface area contributed by atoms with E-state index in [9.17, 15) is 19.2 Å². The van der Waals surface area contributed by atoms with Crippen LogP contribution >= 0.6 is 0 Å². The van der Waals surface area contributed by atoms with Gasteiger partial charge in [-0.3, -0.25) is 14.4 Å². The Balaban J connectivity index is 1.53. The fourth-order valence-electron chi connectivity index (χ4n) is 3.77. The average Bonchev–Trinajstić information content (AvgIpc) is 3.35. The number of hydrogen-bond donors (Lipinski definition) is 0. The Kier molecular flexibility index (Phi) is 5.81. The van der Waals surface area contributed by atoms with Crippen molar-refractivity contribution in [3.05, 3.63) is 53.6 Å². The minimum Gasteiger partial charge on any atom is -0.462 e. The van der Waals surface area contributed by atoms with Crippen LogP contribution in [-0.2, 0) is 25.7 Å². The molecule has 2 heterocycles. The predicted molar refractivity (Wildman–Crippen MR) is 112 cm³/mol. The molecule has 1 fully saturated rings. The van der Waals surface area contributed by atoms with E-state index in [2.05, 4.69) is 0 Å². The third-order valence-corrected chi connectivity index (χ3v) is 5.33. The van der Waals surface area contributed by atoms with E-state index >= 15 is 0 Å². The van der Waals surface area contributed by atoms with Crippen molar-refractivity contribution in [1.82, 2.24) is 4.90 Å². The van der Waals surface area contributed by atoms with Gasteiger partial charge in [-0.05, 0) is 48.9 Å². The Morgan fingerprint density at radius 2 is 1.81 bits per heavy atom. The number of amides is 3. The molecule has 3 amide bonds. The summed E-state index contributed by atoms with van der Waals surface area (Å²) in [6.07, 6.45) is -0.122. The lowest BCUT2D eigenvalue weighted by Gasteiger charge is -2.26. The van der Waals surface area contributed by atoms with Crippen LogP contribution in [-0.4, -0.2) is 48.0 Å². The molecule has 9 heteroatoms. The highest BCUT2D eigenvalue weighted by Gasteiger charge is 2.43. The molecule has 1 saturated heterocycles. The molecule has 1 atom stereocenters. The Bertz CT molecular complexity index is 1080. The van der Waals surface area contributed by atoms with Crippen LogP contribution in [0.4, 0.5) is 5.69 Å². The first-order valence-electron chi connectivity index (χ1n) is 10.2. The van der Waals surface area contributed by atoms with E-state index in [0.717, 1.165) is 10.5 Å². The number of fused-ring (bicyclic) bond motifs is 1. The lowest BCUT2D eigenvalue weighted by molar-refractivity contribution is -0.137. The second kappa shape index (κ2) is 8.70. The molecule has 9 nitrogen and oxygen atoms in total. The van der Waals surface area contributed by atoms with Crippen LogP contribution in [0.5, 0.6) is 11.5 Å². The van der Waals surface area contributed by atoms with Gasteiger partial charge in [-0.2, -0.15) is 0 Å². The highest BCUT2D eigenvalue weighted by Crippen LogP contribution is 2.34. The van der Waals surface area contributed by atoms with Crippen LogP contribution in [0.2, 0.25) is 0 Å². The van der Waals surface area contributed by atoms with E-state index in [1.165, 1.54) is 36.1 Å². The van der Waals surface area contributed by atoms with E-state index in [0.29, 0.717) is 22.7 Å². The zero-order valence-electron chi connectivity index (χ0n) is 17.7. The summed E-state index contributed by atoms with van der Waals surface area (Å²) < 4.78 is 15.6. The average molecular weight is 438 g/mol. The third kappa shape index (κ3) is 4.01. The number of esters is 1. The normalized spacial score (nSPS) is 16.9. The fraction of sp³-hybridized carbons (Fsp3) is 0.304. The topological polar surface area (TPSA) is 102 Å². The lowest BCUT2D eigenvalue weighted by atomic mass is 10.1. The molecule has 0 aliphatic carbocycles. The van der Waals surface area contributed by atoms with E-state index in [1.54, 1.807) is 25.1 Å². The van der Waals surface area contributed by atoms with Gasteiger partial charge in [0.1, 0.15) is 6.04 Å². The fourth-order valence-corrected chi connectivity index (χ4v) is 3.77. The van der Waals surface area contributed by atoms with Gasteiger partial charge in [0.2, 0.25) is 18.6 Å². The van der Waals surface area contributed by atoms with Crippen LogP contribution in [0, 0.1) is 0 Å². The van der Waals surface area contributed by atoms with Gasteiger partial charge in [-0.1, -0.05) is 6.07 Å². The molecule has 2 aliphatic rings. The molecule has 0 spiro atoms. The van der Waals surface area contributed by atoms with Gasteiger partial charge in [0, 0.05) is 13.5 Å². The number of benzene rings is 2. The van der Waals surface area contributed by atoms with E-state index in [1.807, 2.05) is 0 Å². The standard InChI is InChI=1S/C23H22N2O7/c1-3-30-23(29)16-5-7-17(8-6-16)25-21(27)11-18(22(25)28)24(14(2)26)12-15-4-9-19-20(10-15)32-13-31-19/h4-10,18H,3,11-13H2,1-2H3. The predicted octanol–water partition coefficient (Wildman–Crippen LogP) is 2.27. The second-order valence-electron chi connectivity index (χ2n) is 7.39. The number of nitrogens with zero attached hydrogens (tertiary/aromatic N) is 2. The summed E-state index contributed by atoms with van der Waals surface area (Å²) in [5.74, 6) is -0.526. The van der Waals surface area contributed by atoms with Crippen molar-refractivity contribution in [3.63, 3.8) is 0 Å². The largest absolute Gasteiger partial charge is 0.462 e. The van der Waals surface area contributed by atoms with Crippen molar-refractivity contribution >= 4 is 29.4 Å². The molecular formula is C23H22N2O7. The Morgan fingerprint density at radius 3 is 2.50 bits per heavy atom. The Morgan fingerprint density at radius 1 is 1.09 bits per heavy atom. The molecular weight excluding hydrogens is 416 g/mol. The van der Waals surface area contributed by atoms with Crippen molar-refractivity contribution < 1.29 is 33.4 Å². The van der Waals surface area contributed by atoms with Gasteiger partial charge in [0.15, 0.2) is 11.5 Å². The van der Waals surface area contributed by atoms with Gasteiger partial charge in [-0.25, -0.2) is 9.69 Å². The van der Waals surface area contributed by atoms with Crippen LogP contribution in [0.3, 0.4) is 0 Å². The summed E-state index contributed by atoms with van der Waals surface area (Å²) in [5.41, 5.74) is 1.41. The quantitative estimate of drug-likeness (QED) is 0.504. The molecule has 166 valence electrons. The summed E-state index contributed by atoms with van der Waals surface area (Å²) in [6.45, 7) is 3.59. The van der Waals surface area contributed by atoms with Gasteiger partial charge < -0.3 is 19.1 Å². The first-order chi connectivity index (χ1) is 15.4. The number of hydrogen-bond acceptors (Lipinski definition) is 7. The van der Waals surface area contributed by atoms with Crippen LogP contribution < -0.4 is 14.4 Å². The molecule has 0 radical (unpaired) electrons. The first-order valence-corrected chi connectivity index (χ1v) is 10.2. The molecule has 0 saturated carbocycles. The van der Waals surface area contributed by atoms with Crippen molar-refractivity contribution in [2.75, 3.05) is 18.3 Å².